The fraction of sp³-hybridized carbons (Fsp3) is 0.0417. The van der Waals surface area contributed by atoms with Gasteiger partial charge in [-0.15, -0.1) is 0 Å². The monoisotopic (exact) mass is 464 g/mol. The largest absolute Gasteiger partial charge is 0.673 e. The van der Waals surface area contributed by atoms with E-state index in [1.54, 1.807) is 0 Å². The van der Waals surface area contributed by atoms with Gasteiger partial charge in [0.15, 0.2) is 0 Å². The molecule has 0 aliphatic heterocycles. The van der Waals surface area contributed by atoms with E-state index in [4.69, 9.17) is 4.42 Å². The van der Waals surface area contributed by atoms with E-state index in [1.165, 1.54) is 12.1 Å². The van der Waals surface area contributed by atoms with Crippen LogP contribution in [0.3, 0.4) is 0 Å². The van der Waals surface area contributed by atoms with Crippen LogP contribution in [-0.2, 0) is 6.18 Å². The van der Waals surface area contributed by atoms with Crippen molar-refractivity contribution in [3.05, 3.63) is 103 Å². The van der Waals surface area contributed by atoms with Gasteiger partial charge in [-0.1, -0.05) is 48.5 Å². The smallest absolute Gasteiger partial charge is 0.418 e. The Labute approximate surface area is 185 Å². The molecule has 0 atom stereocenters. The van der Waals surface area contributed by atoms with Crippen molar-refractivity contribution < 1.29 is 34.9 Å². The van der Waals surface area contributed by atoms with Gasteiger partial charge in [-0.05, 0) is 42.0 Å². The second-order valence-corrected chi connectivity index (χ2v) is 6.88. The molecule has 0 aliphatic carbocycles. The first-order valence-corrected chi connectivity index (χ1v) is 9.65. The molecule has 3 aromatic carbocycles. The van der Waals surface area contributed by atoms with Crippen LogP contribution in [0.15, 0.2) is 101 Å². The molecule has 1 aromatic heterocycles. The summed E-state index contributed by atoms with van der Waals surface area (Å²) in [6, 6.07) is 28.2. The predicted octanol–water partition coefficient (Wildman–Crippen LogP) is 8.88. The van der Waals surface area contributed by atoms with Crippen LogP contribution in [0.4, 0.5) is 30.4 Å². The number of rotatable bonds is 3. The molecule has 1 nitrogen and oxygen atoms in total. The van der Waals surface area contributed by atoms with Gasteiger partial charge in [0.1, 0.15) is 0 Å². The van der Waals surface area contributed by atoms with E-state index in [2.05, 4.69) is 0 Å². The van der Waals surface area contributed by atoms with Crippen molar-refractivity contribution in [1.82, 2.24) is 0 Å². The Bertz CT molecular complexity index is 1110. The SMILES string of the molecule is FC(F)(F)c1ccc(-c2cc(-c3ccccc3)cc(-c3ccccc3)[o+]2)cc1.F[B-](F)(F)F. The number of alkyl halides is 3. The maximum Gasteiger partial charge on any atom is 0.673 e. The minimum Gasteiger partial charge on any atom is -0.418 e. The molecule has 0 N–H and O–H groups in total. The van der Waals surface area contributed by atoms with Crippen LogP contribution in [0, 0.1) is 0 Å². The second kappa shape index (κ2) is 9.89. The van der Waals surface area contributed by atoms with Crippen molar-refractivity contribution in [2.75, 3.05) is 0 Å². The third-order valence-corrected chi connectivity index (χ3v) is 4.46. The van der Waals surface area contributed by atoms with Gasteiger partial charge in [-0.25, -0.2) is 4.42 Å². The van der Waals surface area contributed by atoms with Crippen molar-refractivity contribution in [2.45, 2.75) is 6.18 Å². The van der Waals surface area contributed by atoms with Gasteiger partial charge in [-0.2, -0.15) is 13.2 Å². The number of benzene rings is 3. The molecule has 1 heterocycles. The first-order chi connectivity index (χ1) is 15.5. The number of halogens is 7. The number of hydrogen-bond donors (Lipinski definition) is 0. The van der Waals surface area contributed by atoms with Gasteiger partial charge < -0.3 is 17.3 Å². The third kappa shape index (κ3) is 7.20. The molecule has 0 amide bonds. The van der Waals surface area contributed by atoms with E-state index in [0.717, 1.165) is 28.8 Å². The number of hydrogen-bond acceptors (Lipinski definition) is 0. The summed E-state index contributed by atoms with van der Waals surface area (Å²) >= 11 is 0. The molecule has 9 heteroatoms. The van der Waals surface area contributed by atoms with Crippen molar-refractivity contribution in [1.29, 1.82) is 0 Å². The lowest BCUT2D eigenvalue weighted by Crippen LogP contribution is -2.04. The Morgan fingerprint density at radius 1 is 0.515 bits per heavy atom. The fourth-order valence-electron chi connectivity index (χ4n) is 3.01. The normalized spacial score (nSPS) is 11.5. The highest BCUT2D eigenvalue weighted by Gasteiger charge is 2.30. The van der Waals surface area contributed by atoms with E-state index in [-0.39, 0.29) is 0 Å². The molecular weight excluding hydrogens is 448 g/mol. The summed E-state index contributed by atoms with van der Waals surface area (Å²) in [5, 5.41) is 0. The zero-order chi connectivity index (χ0) is 24.1. The molecule has 0 unspecified atom stereocenters. The Balaban J connectivity index is 0.000000555. The molecule has 170 valence electrons. The topological polar surface area (TPSA) is 11.3 Å². The van der Waals surface area contributed by atoms with Gasteiger partial charge in [0.2, 0.25) is 0 Å². The Morgan fingerprint density at radius 3 is 1.33 bits per heavy atom. The van der Waals surface area contributed by atoms with E-state index in [9.17, 15) is 30.4 Å². The standard InChI is InChI=1S/C24H16F3O.BF4/c25-24(26,27)21-13-11-19(12-14-21)23-16-20(17-7-3-1-4-8-17)15-22(28-23)18-9-5-2-6-10-18;2-1(3,4)5/h1-16H;/q+1;-1. The molecule has 0 saturated heterocycles. The van der Waals surface area contributed by atoms with Gasteiger partial charge in [0, 0.05) is 5.56 Å². The van der Waals surface area contributed by atoms with Crippen LogP contribution in [0.5, 0.6) is 0 Å². The van der Waals surface area contributed by atoms with Crippen molar-refractivity contribution in [3.8, 4) is 33.8 Å². The van der Waals surface area contributed by atoms with Gasteiger partial charge >= 0.3 is 25.0 Å². The molecule has 0 radical (unpaired) electrons. The van der Waals surface area contributed by atoms with Crippen LogP contribution in [-0.4, -0.2) is 7.25 Å². The van der Waals surface area contributed by atoms with Crippen LogP contribution >= 0.6 is 0 Å². The molecular formula is C24H16BF7O. The lowest BCUT2D eigenvalue weighted by Gasteiger charge is -2.06. The van der Waals surface area contributed by atoms with Crippen LogP contribution in [0.25, 0.3) is 33.8 Å². The summed E-state index contributed by atoms with van der Waals surface area (Å²) in [5.74, 6) is 1.16. The van der Waals surface area contributed by atoms with Gasteiger partial charge in [0.05, 0.1) is 28.8 Å². The van der Waals surface area contributed by atoms with E-state index in [1.807, 2.05) is 72.8 Å². The van der Waals surface area contributed by atoms with Gasteiger partial charge in [0.25, 0.3) is 0 Å². The first kappa shape index (κ1) is 24.0. The Kier molecular flexibility index (Phi) is 7.21. The lowest BCUT2D eigenvalue weighted by molar-refractivity contribution is -0.137. The third-order valence-electron chi connectivity index (χ3n) is 4.46. The highest BCUT2D eigenvalue weighted by atomic mass is 19.5. The van der Waals surface area contributed by atoms with E-state index >= 15 is 0 Å². The molecule has 4 aromatic rings. The summed E-state index contributed by atoms with van der Waals surface area (Å²) in [5.41, 5.74) is 2.74. The van der Waals surface area contributed by atoms with E-state index < -0.39 is 19.0 Å². The Hall–Kier alpha value is -3.62. The lowest BCUT2D eigenvalue weighted by atomic mass is 10.0. The molecule has 0 spiro atoms. The highest BCUT2D eigenvalue weighted by Crippen LogP contribution is 2.35. The zero-order valence-corrected chi connectivity index (χ0v) is 16.9. The predicted molar refractivity (Wildman–Crippen MR) is 115 cm³/mol. The summed E-state index contributed by atoms with van der Waals surface area (Å²) in [6.07, 6.45) is -4.36. The Morgan fingerprint density at radius 2 is 0.909 bits per heavy atom. The molecule has 0 bridgehead atoms. The summed E-state index contributed by atoms with van der Waals surface area (Å²) in [4.78, 5) is 0. The first-order valence-electron chi connectivity index (χ1n) is 9.65. The van der Waals surface area contributed by atoms with Crippen LogP contribution in [0.2, 0.25) is 0 Å². The average molecular weight is 464 g/mol. The van der Waals surface area contributed by atoms with Crippen molar-refractivity contribution in [2.24, 2.45) is 0 Å². The second-order valence-electron chi connectivity index (χ2n) is 6.88. The molecule has 4 rings (SSSR count). The van der Waals surface area contributed by atoms with Gasteiger partial charge in [-0.3, -0.25) is 0 Å². The molecule has 0 fully saturated rings. The maximum absolute atomic E-state index is 12.9. The van der Waals surface area contributed by atoms with E-state index in [0.29, 0.717) is 17.1 Å². The van der Waals surface area contributed by atoms with Crippen molar-refractivity contribution >= 4 is 7.25 Å². The maximum atomic E-state index is 12.9. The average Bonchev–Trinajstić information content (AvgIpc) is 2.78. The highest BCUT2D eigenvalue weighted by molar-refractivity contribution is 6.50. The minimum atomic E-state index is -6.00. The quantitative estimate of drug-likeness (QED) is 0.167. The fourth-order valence-corrected chi connectivity index (χ4v) is 3.01. The molecule has 33 heavy (non-hydrogen) atoms. The molecule has 0 aliphatic rings. The summed E-state index contributed by atoms with van der Waals surface area (Å²) < 4.78 is 83.7. The summed E-state index contributed by atoms with van der Waals surface area (Å²) in [6.45, 7) is 0. The summed E-state index contributed by atoms with van der Waals surface area (Å²) in [7, 11) is -6.00. The molecule has 0 saturated carbocycles. The van der Waals surface area contributed by atoms with Crippen LogP contribution < -0.4 is 0 Å². The van der Waals surface area contributed by atoms with Crippen molar-refractivity contribution in [3.63, 3.8) is 0 Å². The minimum absolute atomic E-state index is 0.508. The van der Waals surface area contributed by atoms with Crippen LogP contribution in [0.1, 0.15) is 5.56 Å². The zero-order valence-electron chi connectivity index (χ0n) is 16.9.